The molecule has 1 aliphatic carbocycles. The molecule has 1 aromatic carbocycles. The van der Waals surface area contributed by atoms with Crippen LogP contribution in [0.2, 0.25) is 5.02 Å². The van der Waals surface area contributed by atoms with Crippen LogP contribution in [0.25, 0.3) is 22.3 Å². The Morgan fingerprint density at radius 2 is 1.84 bits per heavy atom. The normalized spacial score (nSPS) is 17.8. The second-order valence-corrected chi connectivity index (χ2v) is 11.7. The van der Waals surface area contributed by atoms with E-state index in [1.165, 1.54) is 12.1 Å². The quantitative estimate of drug-likeness (QED) is 0.340. The minimum atomic E-state index is -3.91. The van der Waals surface area contributed by atoms with Crippen LogP contribution in [0.1, 0.15) is 31.2 Å². The highest BCUT2D eigenvalue weighted by Gasteiger charge is 2.23. The molecule has 9 nitrogen and oxygen atoms in total. The van der Waals surface area contributed by atoms with E-state index in [0.29, 0.717) is 29.2 Å². The van der Waals surface area contributed by atoms with Crippen LogP contribution in [-0.2, 0) is 10.0 Å². The zero-order chi connectivity index (χ0) is 26.9. The van der Waals surface area contributed by atoms with Gasteiger partial charge in [-0.15, -0.1) is 0 Å². The third-order valence-corrected chi connectivity index (χ3v) is 8.61. The van der Waals surface area contributed by atoms with Crippen molar-refractivity contribution in [2.75, 3.05) is 24.1 Å². The van der Waals surface area contributed by atoms with Crippen LogP contribution in [0.5, 0.6) is 0 Å². The van der Waals surface area contributed by atoms with E-state index in [1.54, 1.807) is 24.5 Å². The molecule has 0 radical (unpaired) electrons. The van der Waals surface area contributed by atoms with Crippen molar-refractivity contribution in [2.45, 2.75) is 49.6 Å². The Morgan fingerprint density at radius 1 is 1.05 bits per heavy atom. The van der Waals surface area contributed by atoms with Crippen LogP contribution in [-0.4, -0.2) is 59.4 Å². The summed E-state index contributed by atoms with van der Waals surface area (Å²) in [6.07, 6.45) is 7.81. The molecule has 0 unspecified atom stereocenters. The number of anilines is 2. The van der Waals surface area contributed by atoms with E-state index in [0.717, 1.165) is 42.3 Å². The lowest BCUT2D eigenvalue weighted by Crippen LogP contribution is -2.36. The zero-order valence-corrected chi connectivity index (χ0v) is 22.9. The predicted molar refractivity (Wildman–Crippen MR) is 149 cm³/mol. The van der Waals surface area contributed by atoms with Crippen LogP contribution in [0.3, 0.4) is 0 Å². The lowest BCUT2D eigenvalue weighted by Gasteiger charge is -2.32. The Balaban J connectivity index is 1.31. The first-order valence-electron chi connectivity index (χ1n) is 12.3. The van der Waals surface area contributed by atoms with Gasteiger partial charge in [-0.25, -0.2) is 28.4 Å². The van der Waals surface area contributed by atoms with Crippen LogP contribution in [0.15, 0.2) is 47.6 Å². The van der Waals surface area contributed by atoms with E-state index in [4.69, 9.17) is 21.6 Å². The topological polar surface area (TPSA) is 113 Å². The molecule has 3 heterocycles. The van der Waals surface area contributed by atoms with E-state index in [2.05, 4.69) is 51.1 Å². The minimum Gasteiger partial charge on any atom is -0.351 e. The summed E-state index contributed by atoms with van der Waals surface area (Å²) < 4.78 is 27.8. The lowest BCUT2D eigenvalue weighted by molar-refractivity contribution is 0.221. The Bertz CT molecular complexity index is 1550. The number of rotatable bonds is 7. The summed E-state index contributed by atoms with van der Waals surface area (Å²) in [6.45, 7) is 1.99. The molecule has 5 rings (SSSR count). The van der Waals surface area contributed by atoms with Crippen molar-refractivity contribution in [3.05, 3.63) is 65.4 Å². The number of hydrogen-bond donors (Lipinski definition) is 2. The van der Waals surface area contributed by atoms with E-state index in [9.17, 15) is 8.42 Å². The Labute approximate surface area is 227 Å². The van der Waals surface area contributed by atoms with Gasteiger partial charge >= 0.3 is 0 Å². The maximum Gasteiger partial charge on any atom is 0.265 e. The number of aromatic nitrogens is 4. The lowest BCUT2D eigenvalue weighted by atomic mass is 9.91. The summed E-state index contributed by atoms with van der Waals surface area (Å²) in [6, 6.07) is 14.2. The molecule has 196 valence electrons. The Kier molecular flexibility index (Phi) is 7.34. The van der Waals surface area contributed by atoms with E-state index in [-0.39, 0.29) is 15.7 Å². The molecule has 0 saturated heterocycles. The number of sulfonamides is 1. The fourth-order valence-corrected chi connectivity index (χ4v) is 6.15. The van der Waals surface area contributed by atoms with Gasteiger partial charge in [-0.05, 0) is 88.7 Å². The van der Waals surface area contributed by atoms with Crippen molar-refractivity contribution >= 4 is 44.4 Å². The summed E-state index contributed by atoms with van der Waals surface area (Å²) in [5, 5.41) is 3.46. The number of halogens is 1. The molecule has 4 aromatic rings. The molecule has 0 amide bonds. The summed E-state index contributed by atoms with van der Waals surface area (Å²) in [5.41, 5.74) is 3.86. The summed E-state index contributed by atoms with van der Waals surface area (Å²) >= 11 is 5.97. The monoisotopic (exact) mass is 549 g/mol. The molecule has 1 aliphatic rings. The first kappa shape index (κ1) is 26.1. The van der Waals surface area contributed by atoms with Gasteiger partial charge in [-0.3, -0.25) is 4.72 Å². The van der Waals surface area contributed by atoms with Crippen molar-refractivity contribution in [3.63, 3.8) is 0 Å². The van der Waals surface area contributed by atoms with Gasteiger partial charge < -0.3 is 10.2 Å². The minimum absolute atomic E-state index is 0.0373. The predicted octanol–water partition coefficient (Wildman–Crippen LogP) is 4.73. The molecular weight excluding hydrogens is 522 g/mol. The molecule has 2 N–H and O–H groups in total. The third kappa shape index (κ3) is 5.65. The average molecular weight is 550 g/mol. The number of nitrogens with zero attached hydrogens (tertiary/aromatic N) is 5. The molecule has 0 spiro atoms. The standard InChI is InChI=1S/C27H28ClN7O2S/c1-17-14-22(18-8-13-25(29-15-18)34-38(36,37)24-7-5-4-6-21(24)28)32-23-16-30-27(33-26(17)23)31-19-9-11-20(12-10-19)35(2)3/h5,7-8,13-16,19-20H,9-12H2,1-3H3,(H,29,34)(H,30,31,33). The van der Waals surface area contributed by atoms with Gasteiger partial charge in [-0.2, -0.15) is 0 Å². The molecule has 38 heavy (non-hydrogen) atoms. The van der Waals surface area contributed by atoms with Gasteiger partial charge in [0.25, 0.3) is 10.0 Å². The number of hydrogen-bond acceptors (Lipinski definition) is 8. The molecule has 0 atom stereocenters. The van der Waals surface area contributed by atoms with E-state index < -0.39 is 10.0 Å². The fourth-order valence-electron chi connectivity index (χ4n) is 4.68. The Morgan fingerprint density at radius 3 is 2.53 bits per heavy atom. The molecule has 11 heteroatoms. The SMILES string of the molecule is Cc1cc(-c2ccc(NS(=O)(=O)c3ccc#cc3Cl)nc2)nc2cnc(NC3CCC(N(C)C)CC3)nc12. The van der Waals surface area contributed by atoms with Crippen LogP contribution < -0.4 is 10.0 Å². The average Bonchev–Trinajstić information content (AvgIpc) is 2.89. The number of pyridine rings is 2. The van der Waals surface area contributed by atoms with Crippen LogP contribution in [0.4, 0.5) is 11.8 Å². The van der Waals surface area contributed by atoms with Crippen molar-refractivity contribution in [1.82, 2.24) is 24.8 Å². The van der Waals surface area contributed by atoms with Gasteiger partial charge in [0, 0.05) is 23.8 Å². The second kappa shape index (κ2) is 10.7. The van der Waals surface area contributed by atoms with Crippen LogP contribution >= 0.6 is 11.6 Å². The third-order valence-electron chi connectivity index (χ3n) is 6.80. The first-order valence-corrected chi connectivity index (χ1v) is 14.2. The Hall–Kier alpha value is -3.52. The number of aryl methyl sites for hydroxylation is 1. The largest absolute Gasteiger partial charge is 0.351 e. The molecule has 0 bridgehead atoms. The van der Waals surface area contributed by atoms with Gasteiger partial charge in [-0.1, -0.05) is 17.7 Å². The molecular formula is C27H28ClN7O2S. The first-order chi connectivity index (χ1) is 18.2. The van der Waals surface area contributed by atoms with Crippen molar-refractivity contribution in [1.29, 1.82) is 0 Å². The van der Waals surface area contributed by atoms with Gasteiger partial charge in [0.15, 0.2) is 0 Å². The van der Waals surface area contributed by atoms with Gasteiger partial charge in [0.1, 0.15) is 21.3 Å². The van der Waals surface area contributed by atoms with Crippen molar-refractivity contribution in [3.8, 4) is 11.3 Å². The fraction of sp³-hybridized carbons (Fsp3) is 0.333. The summed E-state index contributed by atoms with van der Waals surface area (Å²) in [4.78, 5) is 20.5. The highest BCUT2D eigenvalue weighted by molar-refractivity contribution is 7.92. The maximum atomic E-state index is 12.7. The number of fused-ring (bicyclic) bond motifs is 1. The van der Waals surface area contributed by atoms with Crippen molar-refractivity contribution in [2.24, 2.45) is 0 Å². The van der Waals surface area contributed by atoms with Crippen LogP contribution in [0, 0.1) is 19.1 Å². The second-order valence-electron chi connectivity index (χ2n) is 9.68. The van der Waals surface area contributed by atoms with E-state index in [1.807, 2.05) is 13.0 Å². The van der Waals surface area contributed by atoms with E-state index >= 15 is 0 Å². The van der Waals surface area contributed by atoms with Gasteiger partial charge in [0.05, 0.1) is 17.4 Å². The highest BCUT2D eigenvalue weighted by atomic mass is 35.5. The molecule has 3 aromatic heterocycles. The highest BCUT2D eigenvalue weighted by Crippen LogP contribution is 2.27. The molecule has 1 fully saturated rings. The zero-order valence-electron chi connectivity index (χ0n) is 21.4. The summed E-state index contributed by atoms with van der Waals surface area (Å²) in [7, 11) is 0.365. The summed E-state index contributed by atoms with van der Waals surface area (Å²) in [5.74, 6) is 0.782. The maximum absolute atomic E-state index is 12.7. The smallest absolute Gasteiger partial charge is 0.265 e. The molecule has 1 saturated carbocycles. The molecule has 0 aliphatic heterocycles. The van der Waals surface area contributed by atoms with Gasteiger partial charge in [0.2, 0.25) is 5.95 Å². The van der Waals surface area contributed by atoms with Crippen molar-refractivity contribution < 1.29 is 8.42 Å². The number of nitrogens with one attached hydrogen (secondary N) is 2.